The lowest BCUT2D eigenvalue weighted by atomic mass is 9.73. The zero-order valence-corrected chi connectivity index (χ0v) is 15.9. The average molecular weight is 341 g/mol. The summed E-state index contributed by atoms with van der Waals surface area (Å²) >= 11 is 3.76. The Hall–Kier alpha value is -1.17. The molecule has 0 nitrogen and oxygen atoms in total. The molecule has 1 aliphatic rings. The van der Waals surface area contributed by atoms with Crippen LogP contribution in [0.3, 0.4) is 0 Å². The van der Waals surface area contributed by atoms with E-state index in [-0.39, 0.29) is 0 Å². The van der Waals surface area contributed by atoms with E-state index in [2.05, 4.69) is 62.3 Å². The summed E-state index contributed by atoms with van der Waals surface area (Å²) in [6, 6.07) is 9.05. The van der Waals surface area contributed by atoms with Gasteiger partial charge in [-0.2, -0.15) is 0 Å². The molecule has 0 spiro atoms. The molecule has 0 atom stereocenters. The van der Waals surface area contributed by atoms with E-state index in [1.54, 1.807) is 11.3 Å². The van der Waals surface area contributed by atoms with Gasteiger partial charge in [-0.05, 0) is 77.6 Å². The van der Waals surface area contributed by atoms with Crippen molar-refractivity contribution < 1.29 is 0 Å². The molecule has 2 heterocycles. The van der Waals surface area contributed by atoms with E-state index in [9.17, 15) is 0 Å². The molecule has 0 unspecified atom stereocenters. The van der Waals surface area contributed by atoms with Gasteiger partial charge in [-0.15, -0.1) is 23.1 Å². The topological polar surface area (TPSA) is 0 Å². The molecule has 0 N–H and O–H groups in total. The molecule has 1 aromatic heterocycles. The number of hydrogen-bond acceptors (Lipinski definition) is 2. The summed E-state index contributed by atoms with van der Waals surface area (Å²) < 4.78 is 0. The molecule has 23 heavy (non-hydrogen) atoms. The van der Waals surface area contributed by atoms with Crippen molar-refractivity contribution in [3.05, 3.63) is 51.2 Å². The molecule has 1 aliphatic heterocycles. The molecule has 0 amide bonds. The van der Waals surface area contributed by atoms with E-state index in [0.29, 0.717) is 5.41 Å². The Morgan fingerprint density at radius 3 is 2.61 bits per heavy atom. The molecule has 2 heteroatoms. The van der Waals surface area contributed by atoms with Gasteiger partial charge >= 0.3 is 0 Å². The minimum atomic E-state index is 0.358. The summed E-state index contributed by atoms with van der Waals surface area (Å²) in [5, 5.41) is 2.21. The van der Waals surface area contributed by atoms with E-state index in [4.69, 9.17) is 0 Å². The van der Waals surface area contributed by atoms with Crippen LogP contribution in [0.2, 0.25) is 0 Å². The Morgan fingerprint density at radius 1 is 1.09 bits per heavy atom. The van der Waals surface area contributed by atoms with Gasteiger partial charge in [0.25, 0.3) is 0 Å². The first kappa shape index (κ1) is 16.7. The molecular weight excluding hydrogens is 316 g/mol. The fourth-order valence-electron chi connectivity index (χ4n) is 3.38. The van der Waals surface area contributed by atoms with E-state index in [0.717, 1.165) is 12.0 Å². The monoisotopic (exact) mass is 340 g/mol. The van der Waals surface area contributed by atoms with Crippen molar-refractivity contribution in [1.29, 1.82) is 0 Å². The largest absolute Gasteiger partial charge is 0.135 e. The molecule has 0 saturated carbocycles. The van der Waals surface area contributed by atoms with Gasteiger partial charge in [-0.3, -0.25) is 0 Å². The number of rotatable bonds is 3. The van der Waals surface area contributed by atoms with Gasteiger partial charge in [-0.1, -0.05) is 32.6 Å². The molecule has 0 saturated heterocycles. The maximum Gasteiger partial charge on any atom is 0.0775 e. The molecule has 0 radical (unpaired) electrons. The van der Waals surface area contributed by atoms with Gasteiger partial charge < -0.3 is 0 Å². The van der Waals surface area contributed by atoms with Gasteiger partial charge in [0.15, 0.2) is 0 Å². The fraction of sp³-hybridized carbons (Fsp3) is 0.429. The van der Waals surface area contributed by atoms with Crippen LogP contribution < -0.4 is 0 Å². The Morgan fingerprint density at radius 2 is 1.91 bits per heavy atom. The van der Waals surface area contributed by atoms with Crippen molar-refractivity contribution in [2.75, 3.05) is 5.75 Å². The highest BCUT2D eigenvalue weighted by Crippen LogP contribution is 2.46. The Balaban J connectivity index is 1.94. The Kier molecular flexibility index (Phi) is 5.19. The van der Waals surface area contributed by atoms with E-state index < -0.39 is 0 Å². The number of aryl methyl sites for hydroxylation is 1. The third-order valence-corrected chi connectivity index (χ3v) is 7.10. The molecule has 1 aromatic carbocycles. The second-order valence-electron chi connectivity index (χ2n) is 6.22. The summed E-state index contributed by atoms with van der Waals surface area (Å²) in [5.41, 5.74) is 4.43. The zero-order chi connectivity index (χ0) is 16.3. The highest BCUT2D eigenvalue weighted by Gasteiger charge is 2.33. The molecule has 3 rings (SSSR count). The molecular formula is C21H24S2. The van der Waals surface area contributed by atoms with Gasteiger partial charge in [0, 0.05) is 10.5 Å². The number of fused-ring (bicyclic) bond motifs is 1. The lowest BCUT2D eigenvalue weighted by molar-refractivity contribution is 0.373. The minimum Gasteiger partial charge on any atom is -0.135 e. The van der Waals surface area contributed by atoms with Crippen LogP contribution in [-0.4, -0.2) is 5.75 Å². The van der Waals surface area contributed by atoms with Crippen LogP contribution in [-0.2, 0) is 11.8 Å². The lowest BCUT2D eigenvalue weighted by Gasteiger charge is -2.37. The van der Waals surface area contributed by atoms with E-state index in [1.807, 2.05) is 11.8 Å². The second kappa shape index (κ2) is 7.16. The van der Waals surface area contributed by atoms with E-state index >= 15 is 0 Å². The second-order valence-corrected chi connectivity index (χ2v) is 8.27. The highest BCUT2D eigenvalue weighted by atomic mass is 32.2. The maximum absolute atomic E-state index is 3.39. The van der Waals surface area contributed by atoms with E-state index in [1.165, 1.54) is 45.9 Å². The molecule has 0 aliphatic carbocycles. The number of benzene rings is 1. The van der Waals surface area contributed by atoms with Crippen molar-refractivity contribution in [3.8, 4) is 11.8 Å². The van der Waals surface area contributed by atoms with Crippen molar-refractivity contribution in [3.63, 3.8) is 0 Å². The van der Waals surface area contributed by atoms with Crippen LogP contribution in [0, 0.1) is 11.8 Å². The number of thioether (sulfide) groups is 1. The fourth-order valence-corrected chi connectivity index (χ4v) is 5.53. The summed E-state index contributed by atoms with van der Waals surface area (Å²) in [6.45, 7) is 6.86. The molecule has 2 aromatic rings. The van der Waals surface area contributed by atoms with Gasteiger partial charge in [-0.25, -0.2) is 0 Å². The Bertz CT molecular complexity index is 739. The van der Waals surface area contributed by atoms with Crippen LogP contribution >= 0.6 is 23.1 Å². The third kappa shape index (κ3) is 3.37. The average Bonchev–Trinajstić information content (AvgIpc) is 3.07. The number of thiophene rings is 1. The summed E-state index contributed by atoms with van der Waals surface area (Å²) in [7, 11) is 0. The van der Waals surface area contributed by atoms with Gasteiger partial charge in [0.1, 0.15) is 0 Å². The van der Waals surface area contributed by atoms with Gasteiger partial charge in [0.2, 0.25) is 0 Å². The SMILES string of the molecule is CCc1csc(C#Cc2ccc3c(c2)C(CC)(CC)CCS3)c1. The summed E-state index contributed by atoms with van der Waals surface area (Å²) in [6.07, 6.45) is 4.82. The van der Waals surface area contributed by atoms with Crippen molar-refractivity contribution in [2.24, 2.45) is 0 Å². The van der Waals surface area contributed by atoms with Crippen LogP contribution in [0.1, 0.15) is 61.6 Å². The minimum absolute atomic E-state index is 0.358. The predicted molar refractivity (Wildman–Crippen MR) is 104 cm³/mol. The van der Waals surface area contributed by atoms with Crippen LogP contribution in [0.5, 0.6) is 0 Å². The zero-order valence-electron chi connectivity index (χ0n) is 14.2. The molecule has 120 valence electrons. The summed E-state index contributed by atoms with van der Waals surface area (Å²) in [5.74, 6) is 7.98. The maximum atomic E-state index is 3.39. The first-order chi connectivity index (χ1) is 11.2. The lowest BCUT2D eigenvalue weighted by Crippen LogP contribution is -2.28. The molecule has 0 bridgehead atoms. The third-order valence-electron chi connectivity index (χ3n) is 5.13. The van der Waals surface area contributed by atoms with Gasteiger partial charge in [0.05, 0.1) is 4.88 Å². The van der Waals surface area contributed by atoms with Crippen molar-refractivity contribution in [1.82, 2.24) is 0 Å². The first-order valence-corrected chi connectivity index (χ1v) is 10.4. The Labute approximate surface area is 148 Å². The number of hydrogen-bond donors (Lipinski definition) is 0. The van der Waals surface area contributed by atoms with Crippen LogP contribution in [0.15, 0.2) is 34.5 Å². The predicted octanol–water partition coefficient (Wildman–Crippen LogP) is 6.26. The normalized spacial score (nSPS) is 15.6. The first-order valence-electron chi connectivity index (χ1n) is 8.57. The van der Waals surface area contributed by atoms with Crippen LogP contribution in [0.25, 0.3) is 0 Å². The van der Waals surface area contributed by atoms with Crippen LogP contribution in [0.4, 0.5) is 0 Å². The highest BCUT2D eigenvalue weighted by molar-refractivity contribution is 7.99. The van der Waals surface area contributed by atoms with Crippen molar-refractivity contribution in [2.45, 2.75) is 56.8 Å². The smallest absolute Gasteiger partial charge is 0.0775 e. The standard InChI is InChI=1S/C21H24S2/c1-4-16-13-18(23-15-16)9-7-17-8-10-20-19(14-17)21(5-2,6-3)11-12-22-20/h8,10,13-15H,4-6,11-12H2,1-3H3. The summed E-state index contributed by atoms with van der Waals surface area (Å²) in [4.78, 5) is 2.64. The quantitative estimate of drug-likeness (QED) is 0.594. The van der Waals surface area contributed by atoms with Crippen molar-refractivity contribution >= 4 is 23.1 Å². The molecule has 0 fully saturated rings.